The lowest BCUT2D eigenvalue weighted by Crippen LogP contribution is -2.42. The zero-order valence-corrected chi connectivity index (χ0v) is 11.7. The predicted octanol–water partition coefficient (Wildman–Crippen LogP) is 2.01. The molecule has 1 unspecified atom stereocenters. The highest BCUT2D eigenvalue weighted by atomic mass is 32.1. The van der Waals surface area contributed by atoms with Gasteiger partial charge in [-0.05, 0) is 19.3 Å². The van der Waals surface area contributed by atoms with Gasteiger partial charge in [-0.1, -0.05) is 6.92 Å². The molecule has 2 heterocycles. The summed E-state index contributed by atoms with van der Waals surface area (Å²) in [5.41, 5.74) is 0. The molecule has 2 fully saturated rings. The molecule has 0 bridgehead atoms. The van der Waals surface area contributed by atoms with Crippen LogP contribution in [0.25, 0.3) is 0 Å². The molecule has 3 rings (SSSR count). The van der Waals surface area contributed by atoms with Gasteiger partial charge in [0.1, 0.15) is 0 Å². The highest BCUT2D eigenvalue weighted by Gasteiger charge is 2.22. The minimum Gasteiger partial charge on any atom is -0.375 e. The summed E-state index contributed by atoms with van der Waals surface area (Å²) in [4.78, 5) is 8.26. The maximum absolute atomic E-state index is 5.70. The van der Waals surface area contributed by atoms with E-state index in [1.165, 1.54) is 17.7 Å². The summed E-state index contributed by atoms with van der Waals surface area (Å²) in [6, 6.07) is 0.767. The first-order valence-corrected chi connectivity index (χ1v) is 7.71. The molecule has 18 heavy (non-hydrogen) atoms. The fourth-order valence-electron chi connectivity index (χ4n) is 2.20. The van der Waals surface area contributed by atoms with Crippen LogP contribution in [0.5, 0.6) is 0 Å². The number of morpholine rings is 1. The summed E-state index contributed by atoms with van der Waals surface area (Å²) >= 11 is 1.82. The first-order valence-electron chi connectivity index (χ1n) is 6.90. The molecule has 4 nitrogen and oxygen atoms in total. The minimum absolute atomic E-state index is 0.371. The number of nitrogens with one attached hydrogen (secondary N) is 1. The quantitative estimate of drug-likeness (QED) is 0.885. The van der Waals surface area contributed by atoms with E-state index in [-0.39, 0.29) is 0 Å². The SMILES string of the molecule is CCC1CN(c2ncc(CNC3CC3)s2)CCO1. The van der Waals surface area contributed by atoms with Crippen LogP contribution < -0.4 is 10.2 Å². The molecule has 0 spiro atoms. The van der Waals surface area contributed by atoms with Gasteiger partial charge in [0.15, 0.2) is 5.13 Å². The van der Waals surface area contributed by atoms with Gasteiger partial charge in [-0.15, -0.1) is 11.3 Å². The van der Waals surface area contributed by atoms with Gasteiger partial charge in [-0.2, -0.15) is 0 Å². The molecule has 1 aliphatic carbocycles. The molecule has 1 saturated carbocycles. The van der Waals surface area contributed by atoms with Crippen molar-refractivity contribution in [3.8, 4) is 0 Å². The van der Waals surface area contributed by atoms with Crippen LogP contribution in [0.3, 0.4) is 0 Å². The second-order valence-electron chi connectivity index (χ2n) is 5.11. The van der Waals surface area contributed by atoms with E-state index in [0.29, 0.717) is 6.10 Å². The van der Waals surface area contributed by atoms with Crippen molar-refractivity contribution < 1.29 is 4.74 Å². The molecule has 1 saturated heterocycles. The van der Waals surface area contributed by atoms with Crippen molar-refractivity contribution in [2.24, 2.45) is 0 Å². The summed E-state index contributed by atoms with van der Waals surface area (Å²) in [6.07, 6.45) is 6.15. The van der Waals surface area contributed by atoms with Gasteiger partial charge in [0.2, 0.25) is 0 Å². The van der Waals surface area contributed by atoms with Crippen LogP contribution in [0.1, 0.15) is 31.1 Å². The Bertz CT molecular complexity index is 391. The van der Waals surface area contributed by atoms with Gasteiger partial charge in [0, 0.05) is 36.8 Å². The molecule has 1 aromatic heterocycles. The zero-order chi connectivity index (χ0) is 12.4. The molecule has 100 valence electrons. The first kappa shape index (κ1) is 12.4. The standard InChI is InChI=1S/C13H21N3OS/c1-2-11-9-16(5-6-17-11)13-15-8-12(18-13)7-14-10-3-4-10/h8,10-11,14H,2-7,9H2,1H3. The number of ether oxygens (including phenoxy) is 1. The summed E-state index contributed by atoms with van der Waals surface area (Å²) in [7, 11) is 0. The highest BCUT2D eigenvalue weighted by Crippen LogP contribution is 2.26. The lowest BCUT2D eigenvalue weighted by Gasteiger charge is -2.32. The van der Waals surface area contributed by atoms with E-state index in [1.54, 1.807) is 0 Å². The van der Waals surface area contributed by atoms with E-state index in [1.807, 2.05) is 17.5 Å². The van der Waals surface area contributed by atoms with Gasteiger partial charge in [-0.3, -0.25) is 0 Å². The van der Waals surface area contributed by atoms with Crippen LogP contribution >= 0.6 is 11.3 Å². The van der Waals surface area contributed by atoms with Gasteiger partial charge in [0.05, 0.1) is 12.7 Å². The zero-order valence-electron chi connectivity index (χ0n) is 10.9. The number of nitrogens with zero attached hydrogens (tertiary/aromatic N) is 2. The Labute approximate surface area is 112 Å². The smallest absolute Gasteiger partial charge is 0.185 e. The monoisotopic (exact) mass is 267 g/mol. The second kappa shape index (κ2) is 5.55. The van der Waals surface area contributed by atoms with Crippen molar-refractivity contribution in [2.75, 3.05) is 24.6 Å². The Balaban J connectivity index is 1.57. The molecule has 1 aromatic rings. The van der Waals surface area contributed by atoms with Crippen LogP contribution in [0.4, 0.5) is 5.13 Å². The Morgan fingerprint density at radius 3 is 3.22 bits per heavy atom. The maximum atomic E-state index is 5.70. The summed E-state index contributed by atoms with van der Waals surface area (Å²) in [5.74, 6) is 0. The number of thiazole rings is 1. The second-order valence-corrected chi connectivity index (χ2v) is 6.21. The van der Waals surface area contributed by atoms with Gasteiger partial charge in [0.25, 0.3) is 0 Å². The Hall–Kier alpha value is -0.650. The Kier molecular flexibility index (Phi) is 3.82. The summed E-state index contributed by atoms with van der Waals surface area (Å²) < 4.78 is 5.70. The van der Waals surface area contributed by atoms with Crippen molar-refractivity contribution in [1.29, 1.82) is 0 Å². The van der Waals surface area contributed by atoms with E-state index in [2.05, 4.69) is 22.1 Å². The molecule has 1 atom stereocenters. The van der Waals surface area contributed by atoms with E-state index in [9.17, 15) is 0 Å². The highest BCUT2D eigenvalue weighted by molar-refractivity contribution is 7.15. The van der Waals surface area contributed by atoms with Gasteiger partial charge < -0.3 is 15.0 Å². The third kappa shape index (κ3) is 3.02. The average molecular weight is 267 g/mol. The van der Waals surface area contributed by atoms with Crippen molar-refractivity contribution in [3.05, 3.63) is 11.1 Å². The topological polar surface area (TPSA) is 37.4 Å². The number of hydrogen-bond acceptors (Lipinski definition) is 5. The van der Waals surface area contributed by atoms with Crippen molar-refractivity contribution in [2.45, 2.75) is 44.9 Å². The van der Waals surface area contributed by atoms with Crippen molar-refractivity contribution in [3.63, 3.8) is 0 Å². The third-order valence-electron chi connectivity index (χ3n) is 3.55. The molecule has 1 N–H and O–H groups in total. The lowest BCUT2D eigenvalue weighted by molar-refractivity contribution is 0.0384. The largest absolute Gasteiger partial charge is 0.375 e. The number of hydrogen-bond donors (Lipinski definition) is 1. The fourth-order valence-corrected chi connectivity index (χ4v) is 3.09. The van der Waals surface area contributed by atoms with E-state index in [4.69, 9.17) is 4.74 Å². The molecular formula is C13H21N3OS. The lowest BCUT2D eigenvalue weighted by atomic mass is 10.2. The van der Waals surface area contributed by atoms with Crippen LogP contribution in [0, 0.1) is 0 Å². The van der Waals surface area contributed by atoms with Gasteiger partial charge in [-0.25, -0.2) is 4.98 Å². The molecule has 0 aromatic carbocycles. The number of rotatable bonds is 5. The fraction of sp³-hybridized carbons (Fsp3) is 0.769. The average Bonchev–Trinajstić information content (AvgIpc) is 3.13. The van der Waals surface area contributed by atoms with Gasteiger partial charge >= 0.3 is 0 Å². The maximum Gasteiger partial charge on any atom is 0.185 e. The van der Waals surface area contributed by atoms with E-state index in [0.717, 1.165) is 43.8 Å². The molecule has 0 radical (unpaired) electrons. The Morgan fingerprint density at radius 2 is 2.44 bits per heavy atom. The normalized spacial score (nSPS) is 24.5. The van der Waals surface area contributed by atoms with E-state index < -0.39 is 0 Å². The summed E-state index contributed by atoms with van der Waals surface area (Å²) in [6.45, 7) is 5.94. The van der Waals surface area contributed by atoms with Crippen molar-refractivity contribution >= 4 is 16.5 Å². The number of aromatic nitrogens is 1. The van der Waals surface area contributed by atoms with Crippen molar-refractivity contribution in [1.82, 2.24) is 10.3 Å². The van der Waals surface area contributed by atoms with Crippen LogP contribution in [0.15, 0.2) is 6.20 Å². The predicted molar refractivity (Wildman–Crippen MR) is 74.2 cm³/mol. The van der Waals surface area contributed by atoms with Crippen LogP contribution in [-0.4, -0.2) is 36.8 Å². The van der Waals surface area contributed by atoms with E-state index >= 15 is 0 Å². The van der Waals surface area contributed by atoms with Crippen LogP contribution in [0.2, 0.25) is 0 Å². The Morgan fingerprint density at radius 1 is 1.56 bits per heavy atom. The minimum atomic E-state index is 0.371. The third-order valence-corrected chi connectivity index (χ3v) is 4.61. The first-order chi connectivity index (χ1) is 8.85. The molecular weight excluding hydrogens is 246 g/mol. The summed E-state index contributed by atoms with van der Waals surface area (Å²) in [5, 5.41) is 4.69. The molecule has 0 amide bonds. The molecule has 2 aliphatic rings. The number of anilines is 1. The molecule has 1 aliphatic heterocycles. The van der Waals surface area contributed by atoms with Crippen LogP contribution in [-0.2, 0) is 11.3 Å². The molecule has 5 heteroatoms.